The molecule has 7 heteroatoms. The number of para-hydroxylation sites is 2. The number of nitrogens with two attached hydrogens (primary N) is 1. The zero-order valence-corrected chi connectivity index (χ0v) is 18.0. The first-order valence-electron chi connectivity index (χ1n) is 11.6. The number of rotatable bonds is 3. The maximum Gasteiger partial charge on any atom is 0.410 e. The van der Waals surface area contributed by atoms with Crippen molar-refractivity contribution in [2.75, 3.05) is 13.1 Å². The van der Waals surface area contributed by atoms with Crippen molar-refractivity contribution < 1.29 is 14.3 Å². The Labute approximate surface area is 181 Å². The van der Waals surface area contributed by atoms with E-state index in [1.165, 1.54) is 0 Å². The van der Waals surface area contributed by atoms with Gasteiger partial charge in [0.25, 0.3) is 0 Å². The summed E-state index contributed by atoms with van der Waals surface area (Å²) < 4.78 is 8.27. The van der Waals surface area contributed by atoms with Crippen LogP contribution in [0.25, 0.3) is 11.0 Å². The smallest absolute Gasteiger partial charge is 0.410 e. The van der Waals surface area contributed by atoms with Crippen molar-refractivity contribution in [2.24, 2.45) is 36.0 Å². The van der Waals surface area contributed by atoms with Crippen LogP contribution < -0.4 is 5.73 Å². The first-order chi connectivity index (χ1) is 14.9. The molecule has 0 spiro atoms. The van der Waals surface area contributed by atoms with E-state index in [1.54, 1.807) is 0 Å². The first kappa shape index (κ1) is 19.1. The number of amides is 2. The highest BCUT2D eigenvalue weighted by Gasteiger charge is 2.59. The maximum atomic E-state index is 13.1. The average molecular weight is 423 g/mol. The molecule has 4 saturated carbocycles. The molecule has 4 bridgehead atoms. The molecule has 1 saturated heterocycles. The summed E-state index contributed by atoms with van der Waals surface area (Å²) in [4.78, 5) is 31.9. The predicted octanol–water partition coefficient (Wildman–Crippen LogP) is 3.18. The van der Waals surface area contributed by atoms with Gasteiger partial charge in [-0.2, -0.15) is 0 Å². The Morgan fingerprint density at radius 3 is 2.61 bits per heavy atom. The number of aryl methyl sites for hydroxylation is 1. The van der Waals surface area contributed by atoms with E-state index in [-0.39, 0.29) is 41.3 Å². The van der Waals surface area contributed by atoms with E-state index in [9.17, 15) is 9.59 Å². The number of fused-ring (bicyclic) bond motifs is 1. The summed E-state index contributed by atoms with van der Waals surface area (Å²) in [5.41, 5.74) is 7.56. The maximum absolute atomic E-state index is 13.1. The van der Waals surface area contributed by atoms with Crippen molar-refractivity contribution in [3.63, 3.8) is 0 Å². The van der Waals surface area contributed by atoms with Crippen LogP contribution in [0.3, 0.4) is 0 Å². The molecule has 2 heterocycles. The fourth-order valence-electron chi connectivity index (χ4n) is 7.33. The standard InChI is InChI=1S/C24H30N4O3/c1-27-19-5-3-2-4-18(19)26-21(27)15-6-7-28(13-15)23(30)31-20-16-8-14-9-17(20)12-24(10-14,11-16)22(25)29/h2-5,14-17,20H,6-13H2,1H3,(H2,25,29)/t14?,15?,16-,17?,20?,24-/m0/s1. The quantitative estimate of drug-likeness (QED) is 0.823. The lowest BCUT2D eigenvalue weighted by atomic mass is 9.48. The number of aromatic nitrogens is 2. The minimum atomic E-state index is -0.349. The van der Waals surface area contributed by atoms with Gasteiger partial charge in [-0.05, 0) is 68.4 Å². The summed E-state index contributed by atoms with van der Waals surface area (Å²) in [6, 6.07) is 8.15. The second-order valence-electron chi connectivity index (χ2n) is 10.4. The largest absolute Gasteiger partial charge is 0.446 e. The normalized spacial score (nSPS) is 36.3. The number of hydrogen-bond donors (Lipinski definition) is 1. The van der Waals surface area contributed by atoms with Crippen LogP contribution in [0.5, 0.6) is 0 Å². The van der Waals surface area contributed by atoms with Crippen molar-refractivity contribution in [2.45, 2.75) is 50.5 Å². The molecular formula is C24H30N4O3. The number of nitrogens with zero attached hydrogens (tertiary/aromatic N) is 3. The molecule has 7 nitrogen and oxygen atoms in total. The van der Waals surface area contributed by atoms with Gasteiger partial charge in [-0.1, -0.05) is 12.1 Å². The molecule has 2 N–H and O–H groups in total. The van der Waals surface area contributed by atoms with E-state index in [2.05, 4.69) is 17.7 Å². The molecule has 1 aromatic carbocycles. The zero-order valence-electron chi connectivity index (χ0n) is 18.0. The molecule has 4 unspecified atom stereocenters. The van der Waals surface area contributed by atoms with Gasteiger partial charge >= 0.3 is 6.09 Å². The summed E-state index contributed by atoms with van der Waals surface area (Å²) >= 11 is 0. The summed E-state index contributed by atoms with van der Waals surface area (Å²) in [6.45, 7) is 1.34. The van der Waals surface area contributed by atoms with E-state index in [0.29, 0.717) is 19.0 Å². The minimum absolute atomic E-state index is 0.0636. The Kier molecular flexibility index (Phi) is 4.14. The van der Waals surface area contributed by atoms with Crippen LogP contribution >= 0.6 is 0 Å². The van der Waals surface area contributed by atoms with Gasteiger partial charge in [-0.25, -0.2) is 9.78 Å². The van der Waals surface area contributed by atoms with Crippen LogP contribution in [-0.4, -0.2) is 45.6 Å². The molecule has 1 aromatic heterocycles. The Hall–Kier alpha value is -2.57. The number of ether oxygens (including phenoxy) is 1. The van der Waals surface area contributed by atoms with E-state index < -0.39 is 0 Å². The summed E-state index contributed by atoms with van der Waals surface area (Å²) in [5, 5.41) is 0. The van der Waals surface area contributed by atoms with Gasteiger partial charge in [-0.3, -0.25) is 4.79 Å². The summed E-state index contributed by atoms with van der Waals surface area (Å²) in [5.74, 6) is 2.23. The van der Waals surface area contributed by atoms with Gasteiger partial charge in [0.2, 0.25) is 5.91 Å². The number of carbonyl (C=O) groups is 2. The van der Waals surface area contributed by atoms with Crippen molar-refractivity contribution in [3.05, 3.63) is 30.1 Å². The fourth-order valence-corrected chi connectivity index (χ4v) is 7.33. The molecule has 4 aliphatic carbocycles. The lowest BCUT2D eigenvalue weighted by Gasteiger charge is -2.58. The lowest BCUT2D eigenvalue weighted by Crippen LogP contribution is -2.59. The number of carbonyl (C=O) groups excluding carboxylic acids is 2. The first-order valence-corrected chi connectivity index (χ1v) is 11.6. The molecule has 31 heavy (non-hydrogen) atoms. The molecule has 5 aliphatic rings. The average Bonchev–Trinajstić information content (AvgIpc) is 3.35. The summed E-state index contributed by atoms with van der Waals surface area (Å²) in [7, 11) is 2.05. The Bertz CT molecular complexity index is 1050. The number of hydrogen-bond acceptors (Lipinski definition) is 4. The number of primary amides is 1. The molecular weight excluding hydrogens is 392 g/mol. The molecule has 2 amide bonds. The second kappa shape index (κ2) is 6.71. The number of benzene rings is 1. The third-order valence-electron chi connectivity index (χ3n) is 8.58. The van der Waals surface area contributed by atoms with Gasteiger partial charge < -0.3 is 19.9 Å². The monoisotopic (exact) mass is 422 g/mol. The van der Waals surface area contributed by atoms with E-state index in [1.807, 2.05) is 23.1 Å². The highest BCUT2D eigenvalue weighted by atomic mass is 16.6. The SMILES string of the molecule is Cn1c(C2CCN(C(=O)OC3C4CC5C[C@H]3C[C@@](C(N)=O)(C5)C4)C2)nc2ccccc21. The Morgan fingerprint density at radius 1 is 1.16 bits per heavy atom. The van der Waals surface area contributed by atoms with Gasteiger partial charge in [0, 0.05) is 26.1 Å². The highest BCUT2D eigenvalue weighted by Crippen LogP contribution is 2.60. The second-order valence-corrected chi connectivity index (χ2v) is 10.4. The molecule has 2 aromatic rings. The Balaban J connectivity index is 1.15. The van der Waals surface area contributed by atoms with Gasteiger partial charge in [0.15, 0.2) is 0 Å². The topological polar surface area (TPSA) is 90.5 Å². The molecule has 5 fully saturated rings. The third-order valence-corrected chi connectivity index (χ3v) is 8.58. The summed E-state index contributed by atoms with van der Waals surface area (Å²) in [6.07, 6.45) is 5.26. The van der Waals surface area contributed by atoms with Crippen LogP contribution in [0.4, 0.5) is 4.79 Å². The highest BCUT2D eigenvalue weighted by molar-refractivity contribution is 5.81. The Morgan fingerprint density at radius 2 is 1.90 bits per heavy atom. The van der Waals surface area contributed by atoms with E-state index >= 15 is 0 Å². The van der Waals surface area contributed by atoms with Crippen LogP contribution in [0, 0.1) is 23.2 Å². The van der Waals surface area contributed by atoms with Crippen molar-refractivity contribution >= 4 is 23.0 Å². The van der Waals surface area contributed by atoms with Crippen LogP contribution in [0.1, 0.15) is 50.3 Å². The van der Waals surface area contributed by atoms with Gasteiger partial charge in [0.1, 0.15) is 11.9 Å². The fraction of sp³-hybridized carbons (Fsp3) is 0.625. The predicted molar refractivity (Wildman–Crippen MR) is 115 cm³/mol. The molecule has 7 rings (SSSR count). The van der Waals surface area contributed by atoms with Gasteiger partial charge in [0.05, 0.1) is 16.4 Å². The van der Waals surface area contributed by atoms with Crippen molar-refractivity contribution in [1.29, 1.82) is 0 Å². The third kappa shape index (κ3) is 2.88. The molecule has 1 aliphatic heterocycles. The van der Waals surface area contributed by atoms with Gasteiger partial charge in [-0.15, -0.1) is 0 Å². The van der Waals surface area contributed by atoms with Crippen molar-refractivity contribution in [3.8, 4) is 0 Å². The minimum Gasteiger partial charge on any atom is -0.446 e. The van der Waals surface area contributed by atoms with Crippen LogP contribution in [0.2, 0.25) is 0 Å². The van der Waals surface area contributed by atoms with Crippen molar-refractivity contribution in [1.82, 2.24) is 14.5 Å². The number of imidazole rings is 1. The lowest BCUT2D eigenvalue weighted by molar-refractivity contribution is -0.161. The van der Waals surface area contributed by atoms with Crippen LogP contribution in [-0.2, 0) is 16.6 Å². The van der Waals surface area contributed by atoms with Crippen LogP contribution in [0.15, 0.2) is 24.3 Å². The molecule has 6 atom stereocenters. The van der Waals surface area contributed by atoms with E-state index in [0.717, 1.165) is 55.4 Å². The number of likely N-dealkylation sites (tertiary alicyclic amines) is 1. The van der Waals surface area contributed by atoms with E-state index in [4.69, 9.17) is 15.5 Å². The zero-order chi connectivity index (χ0) is 21.3. The molecule has 0 radical (unpaired) electrons. The molecule has 164 valence electrons.